The standard InChI is InChI=1S/C20H29N5/c1-4-25(5-2)16-18-11-9-17(10-12-18)14-23-20(21-3)24-15-19-8-6-7-13-22-19/h6-13H,4-5,14-16H2,1-3H3,(H2,21,23,24). The molecule has 5 nitrogen and oxygen atoms in total. The smallest absolute Gasteiger partial charge is 0.191 e. The molecule has 134 valence electrons. The Morgan fingerprint density at radius 2 is 1.64 bits per heavy atom. The summed E-state index contributed by atoms with van der Waals surface area (Å²) in [5.74, 6) is 0.776. The maximum atomic E-state index is 4.30. The molecule has 2 aromatic rings. The van der Waals surface area contributed by atoms with Crippen LogP contribution in [0.4, 0.5) is 0 Å². The summed E-state index contributed by atoms with van der Waals surface area (Å²) in [4.78, 5) is 11.0. The van der Waals surface area contributed by atoms with E-state index in [-0.39, 0.29) is 0 Å². The first kappa shape index (κ1) is 18.9. The number of pyridine rings is 1. The molecule has 0 saturated carbocycles. The number of hydrogen-bond donors (Lipinski definition) is 2. The molecule has 1 aromatic carbocycles. The van der Waals surface area contributed by atoms with Crippen LogP contribution in [0.25, 0.3) is 0 Å². The number of aromatic nitrogens is 1. The molecular weight excluding hydrogens is 310 g/mol. The average molecular weight is 339 g/mol. The SMILES string of the molecule is CCN(CC)Cc1ccc(CNC(=NC)NCc2ccccn2)cc1. The number of hydrogen-bond acceptors (Lipinski definition) is 3. The van der Waals surface area contributed by atoms with Gasteiger partial charge in [0.2, 0.25) is 0 Å². The van der Waals surface area contributed by atoms with Crippen LogP contribution >= 0.6 is 0 Å². The monoisotopic (exact) mass is 339 g/mol. The molecule has 0 atom stereocenters. The maximum Gasteiger partial charge on any atom is 0.191 e. The van der Waals surface area contributed by atoms with Crippen molar-refractivity contribution in [2.24, 2.45) is 4.99 Å². The zero-order valence-electron chi connectivity index (χ0n) is 15.5. The van der Waals surface area contributed by atoms with E-state index in [9.17, 15) is 0 Å². The van der Waals surface area contributed by atoms with Crippen molar-refractivity contribution < 1.29 is 0 Å². The van der Waals surface area contributed by atoms with Crippen LogP contribution in [-0.4, -0.2) is 36.0 Å². The summed E-state index contributed by atoms with van der Waals surface area (Å²) in [6, 6.07) is 14.7. The topological polar surface area (TPSA) is 52.5 Å². The maximum absolute atomic E-state index is 4.30. The Morgan fingerprint density at radius 3 is 2.24 bits per heavy atom. The summed E-state index contributed by atoms with van der Waals surface area (Å²) in [5.41, 5.74) is 3.58. The Morgan fingerprint density at radius 1 is 0.960 bits per heavy atom. The summed E-state index contributed by atoms with van der Waals surface area (Å²) in [6.07, 6.45) is 1.80. The van der Waals surface area contributed by atoms with E-state index in [2.05, 4.69) is 63.6 Å². The van der Waals surface area contributed by atoms with Crippen LogP contribution in [0.15, 0.2) is 53.7 Å². The minimum Gasteiger partial charge on any atom is -0.352 e. The van der Waals surface area contributed by atoms with Crippen molar-refractivity contribution in [3.8, 4) is 0 Å². The lowest BCUT2D eigenvalue weighted by Gasteiger charge is -2.18. The summed E-state index contributed by atoms with van der Waals surface area (Å²) in [6.45, 7) is 8.97. The van der Waals surface area contributed by atoms with Gasteiger partial charge in [0.05, 0.1) is 12.2 Å². The van der Waals surface area contributed by atoms with Gasteiger partial charge in [-0.1, -0.05) is 44.2 Å². The van der Waals surface area contributed by atoms with Crippen molar-refractivity contribution in [1.29, 1.82) is 0 Å². The van der Waals surface area contributed by atoms with E-state index in [1.807, 2.05) is 18.2 Å². The predicted molar refractivity (Wildman–Crippen MR) is 104 cm³/mol. The number of nitrogens with one attached hydrogen (secondary N) is 2. The van der Waals surface area contributed by atoms with E-state index in [0.717, 1.165) is 37.8 Å². The molecule has 0 fully saturated rings. The van der Waals surface area contributed by atoms with Gasteiger partial charge in [0.25, 0.3) is 0 Å². The highest BCUT2D eigenvalue weighted by atomic mass is 15.2. The van der Waals surface area contributed by atoms with Crippen molar-refractivity contribution >= 4 is 5.96 Å². The zero-order chi connectivity index (χ0) is 17.9. The van der Waals surface area contributed by atoms with Gasteiger partial charge in [0.15, 0.2) is 5.96 Å². The minimum atomic E-state index is 0.656. The fourth-order valence-electron chi connectivity index (χ4n) is 2.55. The molecule has 5 heteroatoms. The number of nitrogens with zero attached hydrogens (tertiary/aromatic N) is 3. The van der Waals surface area contributed by atoms with Gasteiger partial charge in [-0.05, 0) is 36.3 Å². The van der Waals surface area contributed by atoms with Gasteiger partial charge in [-0.15, -0.1) is 0 Å². The minimum absolute atomic E-state index is 0.656. The molecule has 2 N–H and O–H groups in total. The van der Waals surface area contributed by atoms with Crippen LogP contribution in [0.1, 0.15) is 30.7 Å². The van der Waals surface area contributed by atoms with Crippen molar-refractivity contribution in [3.05, 3.63) is 65.5 Å². The second-order valence-corrected chi connectivity index (χ2v) is 5.88. The van der Waals surface area contributed by atoms with E-state index in [0.29, 0.717) is 6.54 Å². The lowest BCUT2D eigenvalue weighted by molar-refractivity contribution is 0.296. The van der Waals surface area contributed by atoms with Gasteiger partial charge in [-0.25, -0.2) is 0 Å². The fraction of sp³-hybridized carbons (Fsp3) is 0.400. The van der Waals surface area contributed by atoms with Crippen LogP contribution in [0.2, 0.25) is 0 Å². The molecule has 0 aliphatic rings. The number of rotatable bonds is 8. The second kappa shape index (κ2) is 10.5. The quantitative estimate of drug-likeness (QED) is 0.574. The Labute approximate surface area is 151 Å². The van der Waals surface area contributed by atoms with Crippen molar-refractivity contribution in [3.63, 3.8) is 0 Å². The highest BCUT2D eigenvalue weighted by molar-refractivity contribution is 5.79. The third-order valence-corrected chi connectivity index (χ3v) is 4.17. The third-order valence-electron chi connectivity index (χ3n) is 4.17. The first-order chi connectivity index (χ1) is 12.2. The lowest BCUT2D eigenvalue weighted by atomic mass is 10.1. The molecule has 0 aliphatic heterocycles. The van der Waals surface area contributed by atoms with Crippen LogP contribution in [0, 0.1) is 0 Å². The van der Waals surface area contributed by atoms with Crippen molar-refractivity contribution in [1.82, 2.24) is 20.5 Å². The van der Waals surface area contributed by atoms with E-state index in [4.69, 9.17) is 0 Å². The Kier molecular flexibility index (Phi) is 7.92. The summed E-state index contributed by atoms with van der Waals surface area (Å²) in [5, 5.41) is 6.62. The zero-order valence-corrected chi connectivity index (χ0v) is 15.5. The highest BCUT2D eigenvalue weighted by Gasteiger charge is 2.02. The molecule has 0 radical (unpaired) electrons. The molecule has 0 saturated heterocycles. The Hall–Kier alpha value is -2.40. The van der Waals surface area contributed by atoms with E-state index < -0.39 is 0 Å². The van der Waals surface area contributed by atoms with Crippen LogP contribution < -0.4 is 10.6 Å². The van der Waals surface area contributed by atoms with Gasteiger partial charge in [0, 0.05) is 26.3 Å². The largest absolute Gasteiger partial charge is 0.352 e. The van der Waals surface area contributed by atoms with Crippen molar-refractivity contribution in [2.75, 3.05) is 20.1 Å². The van der Waals surface area contributed by atoms with E-state index in [1.54, 1.807) is 13.2 Å². The fourth-order valence-corrected chi connectivity index (χ4v) is 2.55. The van der Waals surface area contributed by atoms with Crippen molar-refractivity contribution in [2.45, 2.75) is 33.5 Å². The van der Waals surface area contributed by atoms with E-state index in [1.165, 1.54) is 11.1 Å². The molecule has 25 heavy (non-hydrogen) atoms. The number of benzene rings is 1. The van der Waals surface area contributed by atoms with Gasteiger partial charge in [-0.2, -0.15) is 0 Å². The normalized spacial score (nSPS) is 11.6. The highest BCUT2D eigenvalue weighted by Crippen LogP contribution is 2.07. The predicted octanol–water partition coefficient (Wildman–Crippen LogP) is 2.79. The third kappa shape index (κ3) is 6.55. The Balaban J connectivity index is 1.80. The first-order valence-corrected chi connectivity index (χ1v) is 8.89. The molecule has 2 rings (SSSR count). The molecule has 0 unspecified atom stereocenters. The Bertz CT molecular complexity index is 633. The van der Waals surface area contributed by atoms with Gasteiger partial charge in [-0.3, -0.25) is 14.9 Å². The summed E-state index contributed by atoms with van der Waals surface area (Å²) >= 11 is 0. The van der Waals surface area contributed by atoms with Crippen LogP contribution in [-0.2, 0) is 19.6 Å². The molecule has 0 amide bonds. The lowest BCUT2D eigenvalue weighted by Crippen LogP contribution is -2.36. The molecular formula is C20H29N5. The summed E-state index contributed by atoms with van der Waals surface area (Å²) < 4.78 is 0. The van der Waals surface area contributed by atoms with Crippen LogP contribution in [0.3, 0.4) is 0 Å². The van der Waals surface area contributed by atoms with Gasteiger partial charge in [0.1, 0.15) is 0 Å². The number of guanidine groups is 1. The second-order valence-electron chi connectivity index (χ2n) is 5.88. The molecule has 1 heterocycles. The molecule has 0 aliphatic carbocycles. The van der Waals surface area contributed by atoms with Gasteiger partial charge < -0.3 is 10.6 Å². The summed E-state index contributed by atoms with van der Waals surface area (Å²) in [7, 11) is 1.78. The van der Waals surface area contributed by atoms with Crippen LogP contribution in [0.5, 0.6) is 0 Å². The number of aliphatic imine (C=N–C) groups is 1. The molecule has 0 spiro atoms. The average Bonchev–Trinajstić information content (AvgIpc) is 2.68. The molecule has 1 aromatic heterocycles. The molecule has 0 bridgehead atoms. The van der Waals surface area contributed by atoms with E-state index >= 15 is 0 Å². The van der Waals surface area contributed by atoms with Gasteiger partial charge >= 0.3 is 0 Å². The first-order valence-electron chi connectivity index (χ1n) is 8.89.